The molecule has 2 atom stereocenters. The molecule has 2 aliphatic heterocycles. The van der Waals surface area contributed by atoms with E-state index >= 15 is 0 Å². The maximum Gasteiger partial charge on any atom is 0.242 e. The Morgan fingerprint density at radius 2 is 1.84 bits per heavy atom. The standard InChI is InChI=1S/C20H21FN2O.ClH/c1-23-11-10-20(19(23)24)9-8-18(22-20)16-6-2-4-14(12-16)15-5-3-7-17(21)13-15;/h2-7,12-13,18,22H,8-11H2,1H3;1H/t18-,20+;/m0./s1. The fourth-order valence-corrected chi connectivity index (χ4v) is 4.02. The summed E-state index contributed by atoms with van der Waals surface area (Å²) in [4.78, 5) is 14.3. The van der Waals surface area contributed by atoms with Crippen LogP contribution in [0.4, 0.5) is 4.39 Å². The molecule has 2 fully saturated rings. The number of hydrogen-bond donors (Lipinski definition) is 1. The van der Waals surface area contributed by atoms with Gasteiger partial charge in [-0.05, 0) is 54.2 Å². The maximum atomic E-state index is 13.5. The number of carbonyl (C=O) groups is 1. The van der Waals surface area contributed by atoms with Gasteiger partial charge in [0.15, 0.2) is 0 Å². The van der Waals surface area contributed by atoms with E-state index in [0.717, 1.165) is 42.5 Å². The molecular formula is C20H22ClFN2O. The smallest absolute Gasteiger partial charge is 0.242 e. The molecule has 0 aliphatic carbocycles. The molecule has 2 saturated heterocycles. The first-order chi connectivity index (χ1) is 11.6. The Kier molecular flexibility index (Phi) is 4.85. The zero-order valence-electron chi connectivity index (χ0n) is 14.2. The minimum Gasteiger partial charge on any atom is -0.344 e. The molecule has 2 aromatic carbocycles. The van der Waals surface area contributed by atoms with Gasteiger partial charge in [-0.1, -0.05) is 30.3 Å². The van der Waals surface area contributed by atoms with Crippen molar-refractivity contribution in [3.8, 4) is 11.1 Å². The second-order valence-electron chi connectivity index (χ2n) is 6.93. The highest BCUT2D eigenvalue weighted by Crippen LogP contribution is 2.39. The molecule has 2 heterocycles. The summed E-state index contributed by atoms with van der Waals surface area (Å²) in [6.07, 6.45) is 2.71. The fourth-order valence-electron chi connectivity index (χ4n) is 4.02. The van der Waals surface area contributed by atoms with Gasteiger partial charge < -0.3 is 4.90 Å². The first kappa shape index (κ1) is 17.9. The lowest BCUT2D eigenvalue weighted by molar-refractivity contribution is -0.131. The Labute approximate surface area is 153 Å². The van der Waals surface area contributed by atoms with Gasteiger partial charge in [-0.15, -0.1) is 12.4 Å². The lowest BCUT2D eigenvalue weighted by Gasteiger charge is -2.23. The summed E-state index contributed by atoms with van der Waals surface area (Å²) in [5.74, 6) is -0.0123. The number of carbonyl (C=O) groups excluding carboxylic acids is 1. The minimum absolute atomic E-state index is 0. The molecule has 25 heavy (non-hydrogen) atoms. The Morgan fingerprint density at radius 1 is 1.12 bits per heavy atom. The molecule has 2 aliphatic rings. The average Bonchev–Trinajstić information content (AvgIpc) is 3.15. The Bertz CT molecular complexity index is 797. The van der Waals surface area contributed by atoms with Gasteiger partial charge in [0.25, 0.3) is 0 Å². The van der Waals surface area contributed by atoms with E-state index in [1.165, 1.54) is 6.07 Å². The zero-order valence-corrected chi connectivity index (χ0v) is 15.0. The monoisotopic (exact) mass is 360 g/mol. The number of rotatable bonds is 2. The van der Waals surface area contributed by atoms with Crippen molar-refractivity contribution in [3.63, 3.8) is 0 Å². The van der Waals surface area contributed by atoms with Crippen LogP contribution >= 0.6 is 12.4 Å². The highest BCUT2D eigenvalue weighted by atomic mass is 35.5. The van der Waals surface area contributed by atoms with Gasteiger partial charge in [0.05, 0.1) is 0 Å². The summed E-state index contributed by atoms with van der Waals surface area (Å²) in [7, 11) is 1.87. The number of benzene rings is 2. The largest absolute Gasteiger partial charge is 0.344 e. The zero-order chi connectivity index (χ0) is 16.7. The van der Waals surface area contributed by atoms with E-state index in [0.29, 0.717) is 0 Å². The molecule has 0 aromatic heterocycles. The van der Waals surface area contributed by atoms with Crippen molar-refractivity contribution in [3.05, 3.63) is 59.9 Å². The van der Waals surface area contributed by atoms with Crippen LogP contribution in [0.15, 0.2) is 48.5 Å². The molecule has 1 spiro atoms. The average molecular weight is 361 g/mol. The quantitative estimate of drug-likeness (QED) is 0.879. The Hall–Kier alpha value is -1.91. The van der Waals surface area contributed by atoms with Crippen LogP contribution in [0.1, 0.15) is 30.9 Å². The summed E-state index contributed by atoms with van der Waals surface area (Å²) in [6, 6.07) is 15.0. The molecule has 5 heteroatoms. The molecule has 132 valence electrons. The fraction of sp³-hybridized carbons (Fsp3) is 0.350. The van der Waals surface area contributed by atoms with E-state index in [4.69, 9.17) is 0 Å². The Balaban J connectivity index is 0.00000182. The second kappa shape index (κ2) is 6.77. The predicted octanol–water partition coefficient (Wildman–Crippen LogP) is 3.94. The van der Waals surface area contributed by atoms with Crippen LogP contribution in [0.3, 0.4) is 0 Å². The van der Waals surface area contributed by atoms with Crippen LogP contribution < -0.4 is 5.32 Å². The number of likely N-dealkylation sites (tertiary alicyclic amines) is 1. The van der Waals surface area contributed by atoms with Crippen molar-refractivity contribution in [2.45, 2.75) is 30.8 Å². The molecule has 0 unspecified atom stereocenters. The maximum absolute atomic E-state index is 13.5. The van der Waals surface area contributed by atoms with Crippen molar-refractivity contribution in [1.29, 1.82) is 0 Å². The van der Waals surface area contributed by atoms with Crippen LogP contribution in [0, 0.1) is 5.82 Å². The van der Waals surface area contributed by atoms with E-state index < -0.39 is 0 Å². The lowest BCUT2D eigenvalue weighted by Crippen LogP contribution is -2.47. The lowest BCUT2D eigenvalue weighted by atomic mass is 9.95. The molecule has 0 radical (unpaired) electrons. The minimum atomic E-state index is -0.381. The SMILES string of the molecule is CN1CC[C@]2(CC[C@@H](c3cccc(-c4cccc(F)c4)c3)N2)C1=O.Cl. The third kappa shape index (κ3) is 3.16. The molecule has 0 saturated carbocycles. The van der Waals surface area contributed by atoms with E-state index in [1.807, 2.05) is 30.1 Å². The van der Waals surface area contributed by atoms with E-state index in [-0.39, 0.29) is 35.7 Å². The van der Waals surface area contributed by atoms with Crippen LogP contribution in [-0.2, 0) is 4.79 Å². The second-order valence-corrected chi connectivity index (χ2v) is 6.93. The van der Waals surface area contributed by atoms with Crippen molar-refractivity contribution in [1.82, 2.24) is 10.2 Å². The molecule has 1 amide bonds. The van der Waals surface area contributed by atoms with Gasteiger partial charge in [0, 0.05) is 19.6 Å². The van der Waals surface area contributed by atoms with Crippen LogP contribution in [0.5, 0.6) is 0 Å². The van der Waals surface area contributed by atoms with Crippen molar-refractivity contribution in [2.24, 2.45) is 0 Å². The summed E-state index contributed by atoms with van der Waals surface area (Å²) >= 11 is 0. The van der Waals surface area contributed by atoms with Gasteiger partial charge in [0.1, 0.15) is 11.4 Å². The number of halogens is 2. The topological polar surface area (TPSA) is 32.3 Å². The molecule has 2 aromatic rings. The first-order valence-electron chi connectivity index (χ1n) is 8.47. The third-order valence-corrected chi connectivity index (χ3v) is 5.39. The number of likely N-dealkylation sites (N-methyl/N-ethyl adjacent to an activating group) is 1. The van der Waals surface area contributed by atoms with Crippen LogP contribution in [0.2, 0.25) is 0 Å². The van der Waals surface area contributed by atoms with Crippen molar-refractivity contribution in [2.75, 3.05) is 13.6 Å². The first-order valence-corrected chi connectivity index (χ1v) is 8.47. The normalized spacial score (nSPS) is 25.4. The van der Waals surface area contributed by atoms with Gasteiger partial charge in [-0.25, -0.2) is 4.39 Å². The van der Waals surface area contributed by atoms with E-state index in [9.17, 15) is 9.18 Å². The van der Waals surface area contributed by atoms with Crippen LogP contribution in [-0.4, -0.2) is 29.9 Å². The summed E-state index contributed by atoms with van der Waals surface area (Å²) in [5, 5.41) is 3.59. The number of amides is 1. The van der Waals surface area contributed by atoms with E-state index in [1.54, 1.807) is 12.1 Å². The summed E-state index contributed by atoms with van der Waals surface area (Å²) < 4.78 is 13.5. The van der Waals surface area contributed by atoms with E-state index in [2.05, 4.69) is 17.4 Å². The third-order valence-electron chi connectivity index (χ3n) is 5.39. The molecule has 0 bridgehead atoms. The molecule has 3 nitrogen and oxygen atoms in total. The molecule has 1 N–H and O–H groups in total. The highest BCUT2D eigenvalue weighted by molar-refractivity contribution is 5.88. The highest BCUT2D eigenvalue weighted by Gasteiger charge is 2.49. The van der Waals surface area contributed by atoms with Crippen molar-refractivity contribution < 1.29 is 9.18 Å². The number of nitrogens with zero attached hydrogens (tertiary/aromatic N) is 1. The summed E-state index contributed by atoms with van der Waals surface area (Å²) in [5.41, 5.74) is 2.66. The molecule has 4 rings (SSSR count). The van der Waals surface area contributed by atoms with Gasteiger partial charge in [0.2, 0.25) is 5.91 Å². The van der Waals surface area contributed by atoms with Crippen LogP contribution in [0.25, 0.3) is 11.1 Å². The van der Waals surface area contributed by atoms with Crippen molar-refractivity contribution >= 4 is 18.3 Å². The van der Waals surface area contributed by atoms with Gasteiger partial charge in [-0.2, -0.15) is 0 Å². The Morgan fingerprint density at radius 3 is 2.52 bits per heavy atom. The summed E-state index contributed by atoms with van der Waals surface area (Å²) in [6.45, 7) is 0.821. The van der Waals surface area contributed by atoms with Gasteiger partial charge >= 0.3 is 0 Å². The number of hydrogen-bond acceptors (Lipinski definition) is 2. The number of nitrogens with one attached hydrogen (secondary N) is 1. The predicted molar refractivity (Wildman–Crippen MR) is 99.2 cm³/mol. The molecular weight excluding hydrogens is 339 g/mol. The van der Waals surface area contributed by atoms with Gasteiger partial charge in [-0.3, -0.25) is 10.1 Å².